The lowest BCUT2D eigenvalue weighted by Crippen LogP contribution is -2.16. The van der Waals surface area contributed by atoms with Crippen molar-refractivity contribution in [2.75, 3.05) is 7.11 Å². The predicted octanol–water partition coefficient (Wildman–Crippen LogP) is 4.17. The summed E-state index contributed by atoms with van der Waals surface area (Å²) >= 11 is 13.3. The van der Waals surface area contributed by atoms with Gasteiger partial charge in [-0.25, -0.2) is 4.79 Å². The molecule has 0 aliphatic rings. The molecule has 0 radical (unpaired) electrons. The number of rotatable bonds is 3. The Kier molecular flexibility index (Phi) is 5.66. The smallest absolute Gasteiger partial charge is 0.337 e. The number of ether oxygens (including phenoxy) is 1. The van der Waals surface area contributed by atoms with Crippen molar-refractivity contribution in [1.29, 1.82) is 0 Å². The van der Waals surface area contributed by atoms with Crippen LogP contribution in [0.2, 0.25) is 10.0 Å². The Morgan fingerprint density at radius 1 is 1.26 bits per heavy atom. The van der Waals surface area contributed by atoms with E-state index in [2.05, 4.69) is 10.9 Å². The van der Waals surface area contributed by atoms with Crippen LogP contribution in [-0.4, -0.2) is 23.6 Å². The molecule has 0 bridgehead atoms. The van der Waals surface area contributed by atoms with E-state index >= 15 is 0 Å². The van der Waals surface area contributed by atoms with Crippen molar-refractivity contribution in [2.45, 2.75) is 6.54 Å². The second-order valence-electron chi connectivity index (χ2n) is 5.39. The van der Waals surface area contributed by atoms with Gasteiger partial charge in [-0.15, -0.1) is 6.42 Å². The van der Waals surface area contributed by atoms with Crippen LogP contribution in [0.1, 0.15) is 20.7 Å². The first-order valence-electron chi connectivity index (χ1n) is 7.64. The zero-order valence-electron chi connectivity index (χ0n) is 14.0. The molecule has 8 heteroatoms. The number of esters is 1. The van der Waals surface area contributed by atoms with E-state index < -0.39 is 11.9 Å². The van der Waals surface area contributed by atoms with Crippen LogP contribution >= 0.6 is 34.5 Å². The van der Waals surface area contributed by atoms with Crippen molar-refractivity contribution in [3.8, 4) is 12.3 Å². The van der Waals surface area contributed by atoms with Gasteiger partial charge in [-0.1, -0.05) is 40.5 Å². The Balaban J connectivity index is 2.17. The van der Waals surface area contributed by atoms with E-state index in [9.17, 15) is 9.59 Å². The fourth-order valence-corrected chi connectivity index (χ4v) is 3.89. The molecular formula is C19H12Cl2N2O3S. The van der Waals surface area contributed by atoms with Gasteiger partial charge >= 0.3 is 5.97 Å². The molecular weight excluding hydrogens is 407 g/mol. The van der Waals surface area contributed by atoms with Gasteiger partial charge in [0.1, 0.15) is 0 Å². The van der Waals surface area contributed by atoms with Crippen LogP contribution in [0, 0.1) is 12.3 Å². The number of amides is 1. The zero-order valence-corrected chi connectivity index (χ0v) is 16.4. The zero-order chi connectivity index (χ0) is 19.6. The molecule has 0 fully saturated rings. The second kappa shape index (κ2) is 7.97. The Morgan fingerprint density at radius 3 is 2.74 bits per heavy atom. The van der Waals surface area contributed by atoms with E-state index in [-0.39, 0.29) is 17.1 Å². The third-order valence-corrected chi connectivity index (χ3v) is 5.32. The Hall–Kier alpha value is -2.59. The molecule has 27 heavy (non-hydrogen) atoms. The summed E-state index contributed by atoms with van der Waals surface area (Å²) in [6, 6.07) is 9.64. The maximum absolute atomic E-state index is 12.6. The summed E-state index contributed by atoms with van der Waals surface area (Å²) in [4.78, 5) is 28.9. The number of terminal acetylenes is 1. The van der Waals surface area contributed by atoms with Crippen molar-refractivity contribution < 1.29 is 14.3 Å². The van der Waals surface area contributed by atoms with Crippen LogP contribution < -0.4 is 4.80 Å². The molecule has 2 aromatic carbocycles. The van der Waals surface area contributed by atoms with Gasteiger partial charge in [0, 0.05) is 5.02 Å². The number of nitrogens with zero attached hydrogens (tertiary/aromatic N) is 2. The van der Waals surface area contributed by atoms with Crippen molar-refractivity contribution in [3.05, 3.63) is 62.4 Å². The van der Waals surface area contributed by atoms with Crippen LogP contribution in [0.4, 0.5) is 0 Å². The van der Waals surface area contributed by atoms with E-state index in [1.54, 1.807) is 28.8 Å². The molecule has 1 heterocycles. The lowest BCUT2D eigenvalue weighted by Gasteiger charge is -2.02. The van der Waals surface area contributed by atoms with Gasteiger partial charge in [0.2, 0.25) is 0 Å². The van der Waals surface area contributed by atoms with E-state index in [1.165, 1.54) is 30.6 Å². The second-order valence-corrected chi connectivity index (χ2v) is 7.24. The molecule has 1 amide bonds. The summed E-state index contributed by atoms with van der Waals surface area (Å²) in [5.74, 6) is 1.56. The summed E-state index contributed by atoms with van der Waals surface area (Å²) in [5, 5.41) is 0.638. The fourth-order valence-electron chi connectivity index (χ4n) is 2.46. The van der Waals surface area contributed by atoms with Gasteiger partial charge < -0.3 is 9.30 Å². The molecule has 3 rings (SSSR count). The summed E-state index contributed by atoms with van der Waals surface area (Å²) < 4.78 is 7.21. The quantitative estimate of drug-likeness (QED) is 0.473. The fraction of sp³-hybridized carbons (Fsp3) is 0.105. The number of fused-ring (bicyclic) bond motifs is 1. The highest BCUT2D eigenvalue weighted by Gasteiger charge is 2.14. The summed E-state index contributed by atoms with van der Waals surface area (Å²) in [6.45, 7) is 0.215. The van der Waals surface area contributed by atoms with Crippen molar-refractivity contribution in [3.63, 3.8) is 0 Å². The highest BCUT2D eigenvalue weighted by atomic mass is 35.5. The van der Waals surface area contributed by atoms with Crippen LogP contribution in [0.15, 0.2) is 41.4 Å². The normalized spacial score (nSPS) is 11.4. The molecule has 0 unspecified atom stereocenters. The molecule has 3 aromatic rings. The number of halogens is 2. The average molecular weight is 419 g/mol. The molecule has 0 spiro atoms. The average Bonchev–Trinajstić information content (AvgIpc) is 2.99. The first kappa shape index (κ1) is 19.2. The predicted molar refractivity (Wildman–Crippen MR) is 106 cm³/mol. The van der Waals surface area contributed by atoms with Gasteiger partial charge in [-0.3, -0.25) is 4.79 Å². The van der Waals surface area contributed by atoms with Crippen LogP contribution in [0.25, 0.3) is 10.2 Å². The standard InChI is InChI=1S/C19H12Cl2N2O3S/c1-3-8-23-15-7-4-11(18(25)26-2)9-16(15)27-19(23)22-17(24)13-10-12(20)5-6-14(13)21/h1,4-7,9-10H,8H2,2H3. The number of hydrogen-bond acceptors (Lipinski definition) is 4. The summed E-state index contributed by atoms with van der Waals surface area (Å²) in [6.07, 6.45) is 5.46. The third-order valence-electron chi connectivity index (χ3n) is 3.71. The first-order valence-corrected chi connectivity index (χ1v) is 9.21. The Labute approximate surface area is 168 Å². The van der Waals surface area contributed by atoms with Crippen molar-refractivity contribution in [2.24, 2.45) is 4.99 Å². The minimum Gasteiger partial charge on any atom is -0.465 e. The summed E-state index contributed by atoms with van der Waals surface area (Å²) in [5.41, 5.74) is 1.35. The molecule has 1 aromatic heterocycles. The van der Waals surface area contributed by atoms with E-state index in [4.69, 9.17) is 34.4 Å². The topological polar surface area (TPSA) is 60.7 Å². The number of aromatic nitrogens is 1. The third kappa shape index (κ3) is 3.91. The number of carbonyl (C=O) groups excluding carboxylic acids is 2. The lowest BCUT2D eigenvalue weighted by molar-refractivity contribution is 0.0601. The van der Waals surface area contributed by atoms with Gasteiger partial charge in [0.15, 0.2) is 4.80 Å². The van der Waals surface area contributed by atoms with Crippen molar-refractivity contribution in [1.82, 2.24) is 4.57 Å². The number of carbonyl (C=O) groups is 2. The Bertz CT molecular complexity index is 1170. The molecule has 136 valence electrons. The highest BCUT2D eigenvalue weighted by Crippen LogP contribution is 2.22. The molecule has 0 aliphatic carbocycles. The molecule has 0 saturated carbocycles. The molecule has 5 nitrogen and oxygen atoms in total. The van der Waals surface area contributed by atoms with Crippen LogP contribution in [-0.2, 0) is 11.3 Å². The minimum atomic E-state index is -0.534. The van der Waals surface area contributed by atoms with Gasteiger partial charge in [0.25, 0.3) is 5.91 Å². The molecule has 0 aliphatic heterocycles. The van der Waals surface area contributed by atoms with Gasteiger partial charge in [-0.2, -0.15) is 4.99 Å². The van der Waals surface area contributed by atoms with E-state index in [1.807, 2.05) is 0 Å². The maximum Gasteiger partial charge on any atom is 0.337 e. The first-order chi connectivity index (χ1) is 12.9. The molecule has 0 atom stereocenters. The summed E-state index contributed by atoms with van der Waals surface area (Å²) in [7, 11) is 1.31. The van der Waals surface area contributed by atoms with Crippen LogP contribution in [0.3, 0.4) is 0 Å². The number of benzene rings is 2. The number of methoxy groups -OCH3 is 1. The largest absolute Gasteiger partial charge is 0.465 e. The molecule has 0 saturated heterocycles. The maximum atomic E-state index is 12.6. The number of hydrogen-bond donors (Lipinski definition) is 0. The van der Waals surface area contributed by atoms with E-state index in [0.29, 0.717) is 15.4 Å². The van der Waals surface area contributed by atoms with Crippen LogP contribution in [0.5, 0.6) is 0 Å². The lowest BCUT2D eigenvalue weighted by atomic mass is 10.2. The van der Waals surface area contributed by atoms with E-state index in [0.717, 1.165) is 10.2 Å². The number of thiazole rings is 1. The SMILES string of the molecule is C#CCn1c(=NC(=O)c2cc(Cl)ccc2Cl)sc2cc(C(=O)OC)ccc21. The highest BCUT2D eigenvalue weighted by molar-refractivity contribution is 7.16. The van der Waals surface area contributed by atoms with Crippen molar-refractivity contribution >= 4 is 56.6 Å². The monoisotopic (exact) mass is 418 g/mol. The Morgan fingerprint density at radius 2 is 2.04 bits per heavy atom. The van der Waals surface area contributed by atoms with Gasteiger partial charge in [0.05, 0.1) is 40.0 Å². The van der Waals surface area contributed by atoms with Gasteiger partial charge in [-0.05, 0) is 36.4 Å². The molecule has 0 N–H and O–H groups in total. The minimum absolute atomic E-state index is 0.198.